The molecule has 0 spiro atoms. The molecule has 0 aromatic carbocycles. The van der Waals surface area contributed by atoms with Gasteiger partial charge in [-0.2, -0.15) is 0 Å². The van der Waals surface area contributed by atoms with Crippen LogP contribution in [0.3, 0.4) is 0 Å². The normalized spacial score (nSPS) is 10.2. The van der Waals surface area contributed by atoms with Crippen LogP contribution in [0.15, 0.2) is 12.2 Å². The molecule has 0 atom stereocenters. The summed E-state index contributed by atoms with van der Waals surface area (Å²) in [5.41, 5.74) is 0. The lowest BCUT2D eigenvalue weighted by atomic mass is 10.3. The summed E-state index contributed by atoms with van der Waals surface area (Å²) in [7, 11) is 0. The Bertz CT molecular complexity index is 182. The minimum absolute atomic E-state index is 0.287. The monoisotopic (exact) mass is 170 g/mol. The SMILES string of the molecule is CCC=CCCOC(=O)C(C)=O. The van der Waals surface area contributed by atoms with Crippen molar-refractivity contribution in [3.63, 3.8) is 0 Å². The minimum Gasteiger partial charge on any atom is -0.460 e. The molecule has 0 bridgehead atoms. The molecule has 0 aromatic heterocycles. The molecule has 0 heterocycles. The topological polar surface area (TPSA) is 43.4 Å². The summed E-state index contributed by atoms with van der Waals surface area (Å²) >= 11 is 0. The van der Waals surface area contributed by atoms with Crippen molar-refractivity contribution in [2.75, 3.05) is 6.61 Å². The highest BCUT2D eigenvalue weighted by Crippen LogP contribution is 1.89. The van der Waals surface area contributed by atoms with Crippen molar-refractivity contribution in [1.29, 1.82) is 0 Å². The second-order valence-electron chi connectivity index (χ2n) is 2.36. The number of hydrogen-bond donors (Lipinski definition) is 0. The number of hydrogen-bond acceptors (Lipinski definition) is 3. The third-order valence-corrected chi connectivity index (χ3v) is 1.21. The van der Waals surface area contributed by atoms with Gasteiger partial charge in [-0.1, -0.05) is 19.1 Å². The van der Waals surface area contributed by atoms with Crippen LogP contribution in [0.25, 0.3) is 0 Å². The highest BCUT2D eigenvalue weighted by molar-refractivity contribution is 6.32. The van der Waals surface area contributed by atoms with Gasteiger partial charge in [-0.3, -0.25) is 4.79 Å². The molecule has 0 aliphatic carbocycles. The summed E-state index contributed by atoms with van der Waals surface area (Å²) in [5.74, 6) is -1.30. The largest absolute Gasteiger partial charge is 0.460 e. The zero-order valence-electron chi connectivity index (χ0n) is 7.50. The van der Waals surface area contributed by atoms with Gasteiger partial charge in [0, 0.05) is 6.92 Å². The van der Waals surface area contributed by atoms with Crippen molar-refractivity contribution < 1.29 is 14.3 Å². The number of allylic oxidation sites excluding steroid dienone is 1. The predicted octanol–water partition coefficient (Wildman–Crippen LogP) is 1.47. The first kappa shape index (κ1) is 10.9. The fourth-order valence-corrected chi connectivity index (χ4v) is 0.606. The van der Waals surface area contributed by atoms with E-state index in [1.54, 1.807) is 0 Å². The fourth-order valence-electron chi connectivity index (χ4n) is 0.606. The van der Waals surface area contributed by atoms with Crippen LogP contribution >= 0.6 is 0 Å². The average molecular weight is 170 g/mol. The van der Waals surface area contributed by atoms with Gasteiger partial charge in [-0.05, 0) is 12.8 Å². The van der Waals surface area contributed by atoms with Gasteiger partial charge in [0.25, 0.3) is 0 Å². The van der Waals surface area contributed by atoms with Gasteiger partial charge in [-0.15, -0.1) is 0 Å². The van der Waals surface area contributed by atoms with Gasteiger partial charge in [0.1, 0.15) is 0 Å². The second-order valence-corrected chi connectivity index (χ2v) is 2.36. The van der Waals surface area contributed by atoms with E-state index in [9.17, 15) is 9.59 Å². The third-order valence-electron chi connectivity index (χ3n) is 1.21. The molecule has 0 unspecified atom stereocenters. The summed E-state index contributed by atoms with van der Waals surface area (Å²) < 4.78 is 4.61. The molecule has 0 aliphatic rings. The summed E-state index contributed by atoms with van der Waals surface area (Å²) in [4.78, 5) is 21.0. The summed E-state index contributed by atoms with van der Waals surface area (Å²) in [5, 5.41) is 0. The first-order chi connectivity index (χ1) is 5.68. The van der Waals surface area contributed by atoms with Gasteiger partial charge in [0.05, 0.1) is 6.61 Å². The third kappa shape index (κ3) is 5.65. The molecule has 0 amide bonds. The van der Waals surface area contributed by atoms with Gasteiger partial charge in [0.2, 0.25) is 5.78 Å². The number of carbonyl (C=O) groups is 2. The predicted molar refractivity (Wildman–Crippen MR) is 45.7 cm³/mol. The molecule has 3 nitrogen and oxygen atoms in total. The van der Waals surface area contributed by atoms with E-state index in [-0.39, 0.29) is 6.61 Å². The molecule has 0 saturated heterocycles. The first-order valence-electron chi connectivity index (χ1n) is 4.01. The number of Topliss-reactive ketones (excluding diaryl/α,β-unsaturated/α-hetero) is 1. The molecule has 0 fully saturated rings. The van der Waals surface area contributed by atoms with Crippen LogP contribution in [0.2, 0.25) is 0 Å². The minimum atomic E-state index is -0.750. The Labute approximate surface area is 72.4 Å². The van der Waals surface area contributed by atoms with Crippen molar-refractivity contribution in [2.24, 2.45) is 0 Å². The lowest BCUT2D eigenvalue weighted by molar-refractivity contribution is -0.152. The molecule has 0 rings (SSSR count). The van der Waals surface area contributed by atoms with E-state index in [1.807, 2.05) is 19.1 Å². The average Bonchev–Trinajstić information content (AvgIpc) is 2.03. The zero-order chi connectivity index (χ0) is 9.40. The smallest absolute Gasteiger partial charge is 0.374 e. The highest BCUT2D eigenvalue weighted by Gasteiger charge is 2.06. The quantitative estimate of drug-likeness (QED) is 0.271. The van der Waals surface area contributed by atoms with Crippen molar-refractivity contribution in [3.8, 4) is 0 Å². The number of carbonyl (C=O) groups excluding carboxylic acids is 2. The second kappa shape index (κ2) is 6.58. The van der Waals surface area contributed by atoms with Crippen molar-refractivity contribution in [1.82, 2.24) is 0 Å². The zero-order valence-corrected chi connectivity index (χ0v) is 7.50. The molecule has 0 aromatic rings. The highest BCUT2D eigenvalue weighted by atomic mass is 16.5. The standard InChI is InChI=1S/C9H14O3/c1-3-4-5-6-7-12-9(11)8(2)10/h4-5H,3,6-7H2,1-2H3. The van der Waals surface area contributed by atoms with Crippen molar-refractivity contribution >= 4 is 11.8 Å². The van der Waals surface area contributed by atoms with E-state index >= 15 is 0 Å². The molecule has 0 saturated carbocycles. The van der Waals surface area contributed by atoms with E-state index in [1.165, 1.54) is 6.92 Å². The van der Waals surface area contributed by atoms with E-state index in [0.717, 1.165) is 6.42 Å². The molecular weight excluding hydrogens is 156 g/mol. The van der Waals surface area contributed by atoms with E-state index in [4.69, 9.17) is 0 Å². The number of rotatable bonds is 5. The Kier molecular flexibility index (Phi) is 5.97. The van der Waals surface area contributed by atoms with E-state index in [2.05, 4.69) is 4.74 Å². The lowest BCUT2D eigenvalue weighted by Crippen LogP contribution is -2.13. The maximum atomic E-state index is 10.6. The van der Waals surface area contributed by atoms with Crippen molar-refractivity contribution in [2.45, 2.75) is 26.7 Å². The lowest BCUT2D eigenvalue weighted by Gasteiger charge is -1.97. The fraction of sp³-hybridized carbons (Fsp3) is 0.556. The van der Waals surface area contributed by atoms with Crippen LogP contribution < -0.4 is 0 Å². The molecular formula is C9H14O3. The summed E-state index contributed by atoms with van der Waals surface area (Å²) in [6, 6.07) is 0. The molecule has 68 valence electrons. The van der Waals surface area contributed by atoms with Crippen LogP contribution in [-0.2, 0) is 14.3 Å². The maximum absolute atomic E-state index is 10.6. The molecule has 0 aliphatic heterocycles. The number of ether oxygens (including phenoxy) is 1. The Morgan fingerprint density at radius 2 is 2.00 bits per heavy atom. The molecule has 12 heavy (non-hydrogen) atoms. The van der Waals surface area contributed by atoms with Crippen LogP contribution in [-0.4, -0.2) is 18.4 Å². The summed E-state index contributed by atoms with van der Waals surface area (Å²) in [6.45, 7) is 3.51. The van der Waals surface area contributed by atoms with Gasteiger partial charge < -0.3 is 4.74 Å². The van der Waals surface area contributed by atoms with Crippen LogP contribution in [0, 0.1) is 0 Å². The van der Waals surface area contributed by atoms with Gasteiger partial charge in [-0.25, -0.2) is 4.79 Å². The van der Waals surface area contributed by atoms with Crippen LogP contribution in [0.4, 0.5) is 0 Å². The van der Waals surface area contributed by atoms with Crippen LogP contribution in [0.5, 0.6) is 0 Å². The van der Waals surface area contributed by atoms with Crippen LogP contribution in [0.1, 0.15) is 26.7 Å². The van der Waals surface area contributed by atoms with E-state index < -0.39 is 11.8 Å². The van der Waals surface area contributed by atoms with Gasteiger partial charge in [0.15, 0.2) is 0 Å². The number of esters is 1. The molecule has 0 N–H and O–H groups in total. The van der Waals surface area contributed by atoms with Crippen molar-refractivity contribution in [3.05, 3.63) is 12.2 Å². The first-order valence-corrected chi connectivity index (χ1v) is 4.01. The molecule has 3 heteroatoms. The van der Waals surface area contributed by atoms with E-state index in [0.29, 0.717) is 6.42 Å². The number of ketones is 1. The Hall–Kier alpha value is -1.12. The maximum Gasteiger partial charge on any atom is 0.374 e. The summed E-state index contributed by atoms with van der Waals surface area (Å²) in [6.07, 6.45) is 5.56. The van der Waals surface area contributed by atoms with Gasteiger partial charge >= 0.3 is 5.97 Å². The molecule has 0 radical (unpaired) electrons. The Balaban J connectivity index is 3.38. The Morgan fingerprint density at radius 3 is 2.50 bits per heavy atom. The Morgan fingerprint density at radius 1 is 1.33 bits per heavy atom.